The maximum Gasteiger partial charge on any atom is 0.158 e. The van der Waals surface area contributed by atoms with Crippen LogP contribution in [0.4, 0.5) is 11.6 Å². The van der Waals surface area contributed by atoms with Crippen molar-refractivity contribution in [3.8, 4) is 0 Å². The Hall–Kier alpha value is -1.40. The first-order chi connectivity index (χ1) is 8.69. The molecule has 6 nitrogen and oxygen atoms in total. The highest BCUT2D eigenvalue weighted by atomic mass is 16.5. The third kappa shape index (κ3) is 4.85. The molecule has 0 saturated carbocycles. The van der Waals surface area contributed by atoms with Gasteiger partial charge in [-0.05, 0) is 13.6 Å². The minimum atomic E-state index is 0.416. The summed E-state index contributed by atoms with van der Waals surface area (Å²) in [5, 5.41) is 6.31. The zero-order valence-electron chi connectivity index (χ0n) is 11.7. The highest BCUT2D eigenvalue weighted by Crippen LogP contribution is 2.11. The van der Waals surface area contributed by atoms with Crippen LogP contribution in [0.25, 0.3) is 0 Å². The first-order valence-electron chi connectivity index (χ1n) is 6.16. The molecule has 0 fully saturated rings. The molecule has 0 unspecified atom stereocenters. The lowest BCUT2D eigenvalue weighted by atomic mass is 10.4. The van der Waals surface area contributed by atoms with Gasteiger partial charge in [0, 0.05) is 33.3 Å². The molecule has 0 amide bonds. The van der Waals surface area contributed by atoms with Gasteiger partial charge in [-0.15, -0.1) is 0 Å². The van der Waals surface area contributed by atoms with Crippen LogP contribution in [0.3, 0.4) is 0 Å². The van der Waals surface area contributed by atoms with Crippen LogP contribution in [0.15, 0.2) is 6.07 Å². The van der Waals surface area contributed by atoms with Crippen molar-refractivity contribution in [3.63, 3.8) is 0 Å². The second kappa shape index (κ2) is 7.84. The van der Waals surface area contributed by atoms with E-state index in [1.807, 2.05) is 13.1 Å². The van der Waals surface area contributed by atoms with E-state index in [1.54, 1.807) is 7.11 Å². The first kappa shape index (κ1) is 14.7. The summed E-state index contributed by atoms with van der Waals surface area (Å²) in [6, 6.07) is 1.89. The van der Waals surface area contributed by atoms with E-state index in [0.717, 1.165) is 31.3 Å². The molecule has 0 atom stereocenters. The van der Waals surface area contributed by atoms with E-state index in [0.29, 0.717) is 12.4 Å². The molecule has 0 saturated heterocycles. The van der Waals surface area contributed by atoms with E-state index in [4.69, 9.17) is 4.74 Å². The summed E-state index contributed by atoms with van der Waals surface area (Å²) in [6.45, 7) is 5.44. The fourth-order valence-corrected chi connectivity index (χ4v) is 1.44. The molecule has 18 heavy (non-hydrogen) atoms. The van der Waals surface area contributed by atoms with Gasteiger partial charge in [0.15, 0.2) is 5.82 Å². The predicted molar refractivity (Wildman–Crippen MR) is 74.0 cm³/mol. The molecule has 0 spiro atoms. The molecule has 6 heteroatoms. The second-order valence-electron chi connectivity index (χ2n) is 4.06. The quantitative estimate of drug-likeness (QED) is 0.721. The van der Waals surface area contributed by atoms with Crippen LogP contribution in [0.1, 0.15) is 12.7 Å². The monoisotopic (exact) mass is 253 g/mol. The molecule has 0 aliphatic carbocycles. The second-order valence-corrected chi connectivity index (χ2v) is 4.06. The van der Waals surface area contributed by atoms with Gasteiger partial charge < -0.3 is 20.3 Å². The van der Waals surface area contributed by atoms with E-state index in [9.17, 15) is 0 Å². The van der Waals surface area contributed by atoms with Crippen molar-refractivity contribution < 1.29 is 4.74 Å². The molecule has 1 heterocycles. The summed E-state index contributed by atoms with van der Waals surface area (Å²) in [7, 11) is 5.57. The average molecular weight is 253 g/mol. The summed E-state index contributed by atoms with van der Waals surface area (Å²) in [5.41, 5.74) is 0. The molecule has 1 rings (SSSR count). The average Bonchev–Trinajstić information content (AvgIpc) is 2.38. The number of likely N-dealkylation sites (N-methyl/N-ethyl adjacent to an activating group) is 1. The number of rotatable bonds is 8. The maximum absolute atomic E-state index is 5.05. The lowest BCUT2D eigenvalue weighted by Gasteiger charge is -2.15. The van der Waals surface area contributed by atoms with Crippen LogP contribution >= 0.6 is 0 Å². The van der Waals surface area contributed by atoms with Crippen LogP contribution in [0.5, 0.6) is 0 Å². The van der Waals surface area contributed by atoms with Gasteiger partial charge in [-0.25, -0.2) is 9.97 Å². The van der Waals surface area contributed by atoms with Crippen LogP contribution in [-0.2, 0) is 11.3 Å². The third-order valence-corrected chi connectivity index (χ3v) is 2.64. The van der Waals surface area contributed by atoms with Crippen molar-refractivity contribution in [1.82, 2.24) is 14.9 Å². The highest BCUT2D eigenvalue weighted by molar-refractivity contribution is 5.47. The molecule has 0 aromatic carbocycles. The Labute approximate surface area is 109 Å². The molecule has 102 valence electrons. The number of ether oxygens (including phenoxy) is 1. The van der Waals surface area contributed by atoms with Crippen molar-refractivity contribution in [2.24, 2.45) is 0 Å². The number of nitrogens with one attached hydrogen (secondary N) is 2. The number of methoxy groups -OCH3 is 1. The summed E-state index contributed by atoms with van der Waals surface area (Å²) < 4.78 is 5.05. The zero-order chi connectivity index (χ0) is 13.4. The predicted octanol–water partition coefficient (Wildman–Crippen LogP) is 1.03. The van der Waals surface area contributed by atoms with E-state index >= 15 is 0 Å². The summed E-state index contributed by atoms with van der Waals surface area (Å²) in [4.78, 5) is 10.9. The highest BCUT2D eigenvalue weighted by Gasteiger charge is 2.03. The molecular weight excluding hydrogens is 230 g/mol. The van der Waals surface area contributed by atoms with E-state index in [2.05, 4.69) is 39.5 Å². The van der Waals surface area contributed by atoms with Crippen molar-refractivity contribution in [1.29, 1.82) is 0 Å². The van der Waals surface area contributed by atoms with Crippen LogP contribution in [0.2, 0.25) is 0 Å². The van der Waals surface area contributed by atoms with Gasteiger partial charge in [0.25, 0.3) is 0 Å². The molecule has 0 bridgehead atoms. The van der Waals surface area contributed by atoms with Gasteiger partial charge in [-0.2, -0.15) is 0 Å². The number of hydrogen-bond acceptors (Lipinski definition) is 6. The number of aromatic nitrogens is 2. The van der Waals surface area contributed by atoms with Crippen LogP contribution < -0.4 is 10.6 Å². The Morgan fingerprint density at radius 3 is 2.67 bits per heavy atom. The molecular formula is C12H23N5O. The molecule has 0 radical (unpaired) electrons. The smallest absolute Gasteiger partial charge is 0.158 e. The molecule has 1 aromatic rings. The van der Waals surface area contributed by atoms with Gasteiger partial charge in [-0.1, -0.05) is 6.92 Å². The normalized spacial score (nSPS) is 10.7. The van der Waals surface area contributed by atoms with Gasteiger partial charge in [-0.3, -0.25) is 0 Å². The van der Waals surface area contributed by atoms with Gasteiger partial charge in [0.1, 0.15) is 18.2 Å². The molecule has 0 aliphatic rings. The summed E-state index contributed by atoms with van der Waals surface area (Å²) >= 11 is 0. The lowest BCUT2D eigenvalue weighted by molar-refractivity contribution is 0.178. The number of anilines is 2. The SMILES string of the molecule is CCN(C)CCNc1cc(NC)nc(COC)n1. The van der Waals surface area contributed by atoms with Gasteiger partial charge >= 0.3 is 0 Å². The molecule has 0 aliphatic heterocycles. The minimum absolute atomic E-state index is 0.416. The Balaban J connectivity index is 2.60. The minimum Gasteiger partial charge on any atom is -0.377 e. The van der Waals surface area contributed by atoms with E-state index in [1.165, 1.54) is 0 Å². The largest absolute Gasteiger partial charge is 0.377 e. The summed E-state index contributed by atoms with van der Waals surface area (Å²) in [5.74, 6) is 2.30. The maximum atomic E-state index is 5.05. The molecule has 1 aromatic heterocycles. The van der Waals surface area contributed by atoms with Gasteiger partial charge in [0.2, 0.25) is 0 Å². The summed E-state index contributed by atoms with van der Waals surface area (Å²) in [6.07, 6.45) is 0. The Kier molecular flexibility index (Phi) is 6.38. The fourth-order valence-electron chi connectivity index (χ4n) is 1.44. The Morgan fingerprint density at radius 1 is 1.33 bits per heavy atom. The zero-order valence-corrected chi connectivity index (χ0v) is 11.7. The number of hydrogen-bond donors (Lipinski definition) is 2. The van der Waals surface area contributed by atoms with Crippen molar-refractivity contribution >= 4 is 11.6 Å². The first-order valence-corrected chi connectivity index (χ1v) is 6.16. The molecule has 2 N–H and O–H groups in total. The van der Waals surface area contributed by atoms with Crippen LogP contribution in [-0.4, -0.2) is 55.7 Å². The topological polar surface area (TPSA) is 62.3 Å². The van der Waals surface area contributed by atoms with Crippen molar-refractivity contribution in [2.75, 3.05) is 51.5 Å². The van der Waals surface area contributed by atoms with Gasteiger partial charge in [0.05, 0.1) is 0 Å². The third-order valence-electron chi connectivity index (χ3n) is 2.64. The van der Waals surface area contributed by atoms with Crippen molar-refractivity contribution in [2.45, 2.75) is 13.5 Å². The van der Waals surface area contributed by atoms with E-state index < -0.39 is 0 Å². The Morgan fingerprint density at radius 2 is 2.06 bits per heavy atom. The standard InChI is InChI=1S/C12H23N5O/c1-5-17(3)7-6-14-11-8-10(13-2)15-12(16-11)9-18-4/h8H,5-7,9H2,1-4H3,(H2,13,14,15,16). The van der Waals surface area contributed by atoms with E-state index in [-0.39, 0.29) is 0 Å². The lowest BCUT2D eigenvalue weighted by Crippen LogP contribution is -2.25. The van der Waals surface area contributed by atoms with Crippen LogP contribution in [0, 0.1) is 0 Å². The number of nitrogens with zero attached hydrogens (tertiary/aromatic N) is 3. The Bertz CT molecular complexity index is 358. The fraction of sp³-hybridized carbons (Fsp3) is 0.667. The van der Waals surface area contributed by atoms with Crippen molar-refractivity contribution in [3.05, 3.63) is 11.9 Å².